The second-order valence-electron chi connectivity index (χ2n) is 8.54. The molecule has 0 atom stereocenters. The van der Waals surface area contributed by atoms with E-state index in [9.17, 15) is 4.79 Å². The lowest BCUT2D eigenvalue weighted by Gasteiger charge is -2.17. The van der Waals surface area contributed by atoms with Crippen molar-refractivity contribution in [3.8, 4) is 11.5 Å². The molecule has 1 aromatic carbocycles. The van der Waals surface area contributed by atoms with Gasteiger partial charge >= 0.3 is 0 Å². The Kier molecular flexibility index (Phi) is 6.52. The molecule has 0 aliphatic heterocycles. The van der Waals surface area contributed by atoms with Crippen molar-refractivity contribution in [2.24, 2.45) is 10.9 Å². The van der Waals surface area contributed by atoms with Crippen LogP contribution in [0.4, 0.5) is 0 Å². The fraction of sp³-hybridized carbons (Fsp3) is 0.565. The zero-order chi connectivity index (χ0) is 21.2. The fourth-order valence-electron chi connectivity index (χ4n) is 3.40. The van der Waals surface area contributed by atoms with E-state index in [-0.39, 0.29) is 11.3 Å². The number of nitrogens with zero attached hydrogens (tertiary/aromatic N) is 2. The van der Waals surface area contributed by atoms with Crippen LogP contribution in [0.5, 0.6) is 11.5 Å². The highest BCUT2D eigenvalue weighted by Gasteiger charge is 2.27. The van der Waals surface area contributed by atoms with Crippen LogP contribution in [0.2, 0.25) is 0 Å². The number of ether oxygens (including phenoxy) is 2. The maximum atomic E-state index is 13.2. The summed E-state index contributed by atoms with van der Waals surface area (Å²) in [5.74, 6) is 1.60. The van der Waals surface area contributed by atoms with Crippen molar-refractivity contribution in [1.29, 1.82) is 0 Å². The molecule has 1 amide bonds. The molecule has 1 aliphatic rings. The highest BCUT2D eigenvalue weighted by molar-refractivity contribution is 7.09. The first-order valence-corrected chi connectivity index (χ1v) is 11.3. The number of rotatable bonds is 7. The van der Waals surface area contributed by atoms with E-state index in [1.165, 1.54) is 23.4 Å². The largest absolute Gasteiger partial charge is 0.494 e. The third-order valence-corrected chi connectivity index (χ3v) is 6.57. The van der Waals surface area contributed by atoms with Crippen LogP contribution in [-0.2, 0) is 12.0 Å². The van der Waals surface area contributed by atoms with Gasteiger partial charge in [-0.25, -0.2) is 0 Å². The third-order valence-electron chi connectivity index (χ3n) is 4.97. The minimum absolute atomic E-state index is 0.0161. The van der Waals surface area contributed by atoms with Crippen LogP contribution >= 0.6 is 11.3 Å². The van der Waals surface area contributed by atoms with Crippen molar-refractivity contribution in [2.75, 3.05) is 13.2 Å². The van der Waals surface area contributed by atoms with Crippen molar-refractivity contribution < 1.29 is 14.3 Å². The fourth-order valence-corrected chi connectivity index (χ4v) is 4.60. The van der Waals surface area contributed by atoms with E-state index in [4.69, 9.17) is 9.47 Å². The summed E-state index contributed by atoms with van der Waals surface area (Å²) in [5, 5.41) is 0. The van der Waals surface area contributed by atoms with Crippen molar-refractivity contribution in [2.45, 2.75) is 66.3 Å². The normalized spacial score (nSPS) is 14.9. The SMILES string of the molecule is CCOc1ccc(OCC)c(C(=O)/N=c2\sc(C(C)(C)C)c(C)n2CC2CC2)c1. The van der Waals surface area contributed by atoms with Gasteiger partial charge in [0.05, 0.1) is 18.8 Å². The predicted octanol–water partition coefficient (Wildman–Crippen LogP) is 5.10. The highest BCUT2D eigenvalue weighted by atomic mass is 32.1. The van der Waals surface area contributed by atoms with Crippen LogP contribution in [0.1, 0.15) is 68.4 Å². The van der Waals surface area contributed by atoms with Gasteiger partial charge < -0.3 is 14.0 Å². The van der Waals surface area contributed by atoms with E-state index in [0.717, 1.165) is 11.3 Å². The zero-order valence-corrected chi connectivity index (χ0v) is 19.2. The summed E-state index contributed by atoms with van der Waals surface area (Å²) >= 11 is 1.62. The van der Waals surface area contributed by atoms with Crippen LogP contribution in [-0.4, -0.2) is 23.7 Å². The average Bonchev–Trinajstić information content (AvgIpc) is 3.42. The quantitative estimate of drug-likeness (QED) is 0.631. The van der Waals surface area contributed by atoms with Gasteiger partial charge in [-0.3, -0.25) is 4.79 Å². The molecule has 5 nitrogen and oxygen atoms in total. The molecular weight excluding hydrogens is 384 g/mol. The van der Waals surface area contributed by atoms with Crippen LogP contribution < -0.4 is 14.3 Å². The molecule has 158 valence electrons. The molecule has 0 radical (unpaired) electrons. The molecule has 0 bridgehead atoms. The van der Waals surface area contributed by atoms with Crippen molar-refractivity contribution >= 4 is 17.2 Å². The molecule has 1 heterocycles. The zero-order valence-electron chi connectivity index (χ0n) is 18.4. The van der Waals surface area contributed by atoms with Crippen LogP contribution in [0, 0.1) is 12.8 Å². The standard InChI is InChI=1S/C23H32N2O3S/c1-7-27-17-11-12-19(28-8-2)18(13-17)21(26)24-22-25(14-16-9-10-16)15(3)20(29-22)23(4,5)6/h11-13,16H,7-10,14H2,1-6H3/b24-22-. The maximum Gasteiger partial charge on any atom is 0.283 e. The topological polar surface area (TPSA) is 52.8 Å². The lowest BCUT2D eigenvalue weighted by atomic mass is 9.93. The predicted molar refractivity (Wildman–Crippen MR) is 117 cm³/mol. The summed E-state index contributed by atoms with van der Waals surface area (Å²) in [4.78, 5) is 19.8. The minimum atomic E-state index is -0.291. The number of aromatic nitrogens is 1. The molecule has 0 saturated heterocycles. The molecule has 0 spiro atoms. The van der Waals surface area contributed by atoms with E-state index in [1.54, 1.807) is 23.5 Å². The van der Waals surface area contributed by atoms with Gasteiger partial charge in [0.2, 0.25) is 0 Å². The molecule has 1 aromatic heterocycles. The van der Waals surface area contributed by atoms with Gasteiger partial charge in [0.1, 0.15) is 11.5 Å². The number of hydrogen-bond donors (Lipinski definition) is 0. The third kappa shape index (κ3) is 5.10. The summed E-state index contributed by atoms with van der Waals surface area (Å²) in [6.07, 6.45) is 2.51. The minimum Gasteiger partial charge on any atom is -0.494 e. The molecule has 6 heteroatoms. The summed E-state index contributed by atoms with van der Waals surface area (Å²) in [7, 11) is 0. The summed E-state index contributed by atoms with van der Waals surface area (Å²) in [5.41, 5.74) is 1.68. The molecule has 29 heavy (non-hydrogen) atoms. The van der Waals surface area contributed by atoms with E-state index in [1.807, 2.05) is 19.9 Å². The number of hydrogen-bond acceptors (Lipinski definition) is 4. The summed E-state index contributed by atoms with van der Waals surface area (Å²) in [6.45, 7) is 14.6. The molecule has 1 saturated carbocycles. The Morgan fingerprint density at radius 3 is 2.48 bits per heavy atom. The monoisotopic (exact) mass is 416 g/mol. The Bertz CT molecular complexity index is 946. The second kappa shape index (κ2) is 8.74. The lowest BCUT2D eigenvalue weighted by molar-refractivity contribution is 0.0993. The Morgan fingerprint density at radius 1 is 1.21 bits per heavy atom. The van der Waals surface area contributed by atoms with Gasteiger partial charge in [-0.2, -0.15) is 4.99 Å². The highest BCUT2D eigenvalue weighted by Crippen LogP contribution is 2.34. The number of amides is 1. The molecule has 2 aromatic rings. The summed E-state index contributed by atoms with van der Waals surface area (Å²) < 4.78 is 13.5. The van der Waals surface area contributed by atoms with Gasteiger partial charge in [-0.05, 0) is 63.1 Å². The van der Waals surface area contributed by atoms with Crippen molar-refractivity contribution in [3.05, 3.63) is 39.1 Å². The first-order valence-electron chi connectivity index (χ1n) is 10.4. The van der Waals surface area contributed by atoms with Crippen LogP contribution in [0.15, 0.2) is 23.2 Å². The summed E-state index contributed by atoms with van der Waals surface area (Å²) in [6, 6.07) is 5.35. The molecule has 1 fully saturated rings. The van der Waals surface area contributed by atoms with Gasteiger partial charge in [0, 0.05) is 17.1 Å². The molecule has 0 unspecified atom stereocenters. The van der Waals surface area contributed by atoms with Crippen LogP contribution in [0.25, 0.3) is 0 Å². The molecular formula is C23H32N2O3S. The maximum absolute atomic E-state index is 13.2. The Hall–Kier alpha value is -2.08. The number of carbonyl (C=O) groups excluding carboxylic acids is 1. The number of carbonyl (C=O) groups is 1. The molecule has 1 aliphatic carbocycles. The number of benzene rings is 1. The average molecular weight is 417 g/mol. The second-order valence-corrected chi connectivity index (χ2v) is 9.52. The Labute approximate surface area is 177 Å². The Morgan fingerprint density at radius 2 is 1.90 bits per heavy atom. The van der Waals surface area contributed by atoms with E-state index in [0.29, 0.717) is 36.2 Å². The van der Waals surface area contributed by atoms with Gasteiger partial charge in [-0.15, -0.1) is 11.3 Å². The lowest BCUT2D eigenvalue weighted by Crippen LogP contribution is -2.20. The smallest absolute Gasteiger partial charge is 0.283 e. The first kappa shape index (κ1) is 21.6. The van der Waals surface area contributed by atoms with Crippen molar-refractivity contribution in [3.63, 3.8) is 0 Å². The van der Waals surface area contributed by atoms with E-state index in [2.05, 4.69) is 37.3 Å². The van der Waals surface area contributed by atoms with Crippen molar-refractivity contribution in [1.82, 2.24) is 4.57 Å². The first-order chi connectivity index (χ1) is 13.7. The van der Waals surface area contributed by atoms with Gasteiger partial charge in [-0.1, -0.05) is 20.8 Å². The van der Waals surface area contributed by atoms with Gasteiger partial charge in [0.25, 0.3) is 5.91 Å². The molecule has 3 rings (SSSR count). The van der Waals surface area contributed by atoms with Gasteiger partial charge in [0.15, 0.2) is 4.80 Å². The Balaban J connectivity index is 2.07. The van der Waals surface area contributed by atoms with E-state index < -0.39 is 0 Å². The van der Waals surface area contributed by atoms with Crippen LogP contribution in [0.3, 0.4) is 0 Å². The number of thiazole rings is 1. The molecule has 0 N–H and O–H groups in total. The van der Waals surface area contributed by atoms with E-state index >= 15 is 0 Å².